The zero-order valence-electron chi connectivity index (χ0n) is 9.54. The molecule has 1 aliphatic rings. The van der Waals surface area contributed by atoms with Gasteiger partial charge in [0, 0.05) is 23.6 Å². The van der Waals surface area contributed by atoms with E-state index < -0.39 is 0 Å². The van der Waals surface area contributed by atoms with Crippen molar-refractivity contribution in [1.29, 1.82) is 0 Å². The number of carbonyl (C=O) groups is 2. The molecule has 0 radical (unpaired) electrons. The van der Waals surface area contributed by atoms with Crippen molar-refractivity contribution in [2.24, 2.45) is 5.92 Å². The number of anilines is 1. The lowest BCUT2D eigenvalue weighted by atomic mass is 9.95. The van der Waals surface area contributed by atoms with Crippen molar-refractivity contribution in [3.8, 4) is 0 Å². The Bertz CT molecular complexity index is 449. The van der Waals surface area contributed by atoms with Gasteiger partial charge < -0.3 is 5.32 Å². The van der Waals surface area contributed by atoms with Crippen molar-refractivity contribution in [2.75, 3.05) is 5.32 Å². The fourth-order valence-electron chi connectivity index (χ4n) is 1.87. The fraction of sp³-hybridized carbons (Fsp3) is 0.385. The van der Waals surface area contributed by atoms with E-state index in [9.17, 15) is 9.59 Å². The minimum atomic E-state index is 0.0104. The smallest absolute Gasteiger partial charge is 0.224 e. The first kappa shape index (κ1) is 10.9. The maximum Gasteiger partial charge on any atom is 0.224 e. The Morgan fingerprint density at radius 1 is 1.31 bits per heavy atom. The van der Waals surface area contributed by atoms with E-state index >= 15 is 0 Å². The Morgan fingerprint density at radius 3 is 2.75 bits per heavy atom. The van der Waals surface area contributed by atoms with E-state index in [1.807, 2.05) is 26.0 Å². The Labute approximate surface area is 94.9 Å². The summed E-state index contributed by atoms with van der Waals surface area (Å²) in [6.45, 7) is 3.78. The highest BCUT2D eigenvalue weighted by molar-refractivity contribution is 5.99. The SMILES string of the molecule is CC(C)C(=O)c1ccc2c(c1)CCC(=O)N2. The van der Waals surface area contributed by atoms with Crippen LogP contribution in [0, 0.1) is 5.92 Å². The molecule has 1 heterocycles. The van der Waals surface area contributed by atoms with Crippen LogP contribution in [0.15, 0.2) is 18.2 Å². The molecular weight excluding hydrogens is 202 g/mol. The first-order chi connectivity index (χ1) is 7.58. The van der Waals surface area contributed by atoms with E-state index in [1.165, 1.54) is 0 Å². The number of Topliss-reactive ketones (excluding diaryl/α,β-unsaturated/α-hetero) is 1. The Balaban J connectivity index is 2.33. The van der Waals surface area contributed by atoms with Crippen LogP contribution in [0.3, 0.4) is 0 Å². The van der Waals surface area contributed by atoms with Crippen LogP contribution in [0.5, 0.6) is 0 Å². The molecule has 3 heteroatoms. The largest absolute Gasteiger partial charge is 0.326 e. The van der Waals surface area contributed by atoms with Crippen molar-refractivity contribution in [3.05, 3.63) is 29.3 Å². The maximum atomic E-state index is 11.8. The highest BCUT2D eigenvalue weighted by atomic mass is 16.1. The minimum absolute atomic E-state index is 0.0104. The van der Waals surface area contributed by atoms with Crippen LogP contribution in [0.25, 0.3) is 0 Å². The number of hydrogen-bond acceptors (Lipinski definition) is 2. The first-order valence-corrected chi connectivity index (χ1v) is 5.55. The molecule has 0 atom stereocenters. The molecule has 1 aromatic carbocycles. The number of nitrogens with one attached hydrogen (secondary N) is 1. The molecule has 3 nitrogen and oxygen atoms in total. The average molecular weight is 217 g/mol. The Hall–Kier alpha value is -1.64. The minimum Gasteiger partial charge on any atom is -0.326 e. The van der Waals surface area contributed by atoms with Crippen LogP contribution in [0.2, 0.25) is 0 Å². The summed E-state index contributed by atoms with van der Waals surface area (Å²) in [6, 6.07) is 5.51. The zero-order valence-corrected chi connectivity index (χ0v) is 9.54. The van der Waals surface area contributed by atoms with Gasteiger partial charge >= 0.3 is 0 Å². The van der Waals surface area contributed by atoms with Crippen molar-refractivity contribution in [3.63, 3.8) is 0 Å². The molecule has 0 fully saturated rings. The summed E-state index contributed by atoms with van der Waals surface area (Å²) in [5, 5.41) is 2.81. The number of rotatable bonds is 2. The van der Waals surface area contributed by atoms with Crippen LogP contribution in [-0.2, 0) is 11.2 Å². The third-order valence-corrected chi connectivity index (χ3v) is 2.81. The molecule has 0 bridgehead atoms. The van der Waals surface area contributed by atoms with E-state index in [1.54, 1.807) is 6.07 Å². The van der Waals surface area contributed by atoms with Gasteiger partial charge in [-0.2, -0.15) is 0 Å². The number of ketones is 1. The van der Waals surface area contributed by atoms with Crippen molar-refractivity contribution >= 4 is 17.4 Å². The quantitative estimate of drug-likeness (QED) is 0.773. The van der Waals surface area contributed by atoms with Crippen LogP contribution in [0.1, 0.15) is 36.2 Å². The summed E-state index contributed by atoms with van der Waals surface area (Å²) < 4.78 is 0. The maximum absolute atomic E-state index is 11.8. The summed E-state index contributed by atoms with van der Waals surface area (Å²) in [4.78, 5) is 23.0. The van der Waals surface area contributed by atoms with Gasteiger partial charge in [-0.05, 0) is 30.2 Å². The predicted octanol–water partition coefficient (Wildman–Crippen LogP) is 2.41. The molecule has 0 spiro atoms. The van der Waals surface area contributed by atoms with Gasteiger partial charge in [0.2, 0.25) is 5.91 Å². The molecule has 16 heavy (non-hydrogen) atoms. The second-order valence-corrected chi connectivity index (χ2v) is 4.44. The molecule has 1 N–H and O–H groups in total. The molecule has 0 saturated heterocycles. The number of hydrogen-bond donors (Lipinski definition) is 1. The molecule has 84 valence electrons. The van der Waals surface area contributed by atoms with Gasteiger partial charge in [-0.3, -0.25) is 9.59 Å². The topological polar surface area (TPSA) is 46.2 Å². The third-order valence-electron chi connectivity index (χ3n) is 2.81. The summed E-state index contributed by atoms with van der Waals surface area (Å²) >= 11 is 0. The van der Waals surface area contributed by atoms with E-state index in [0.717, 1.165) is 23.2 Å². The normalized spacial score (nSPS) is 14.6. The molecule has 1 aliphatic heterocycles. The highest BCUT2D eigenvalue weighted by Crippen LogP contribution is 2.24. The van der Waals surface area contributed by atoms with Gasteiger partial charge in [0.1, 0.15) is 0 Å². The van der Waals surface area contributed by atoms with E-state index in [0.29, 0.717) is 6.42 Å². The number of amides is 1. The fourth-order valence-corrected chi connectivity index (χ4v) is 1.87. The van der Waals surface area contributed by atoms with Crippen LogP contribution < -0.4 is 5.32 Å². The third kappa shape index (κ3) is 1.98. The Morgan fingerprint density at radius 2 is 2.06 bits per heavy atom. The average Bonchev–Trinajstić information content (AvgIpc) is 2.27. The zero-order chi connectivity index (χ0) is 11.7. The van der Waals surface area contributed by atoms with Gasteiger partial charge in [0.15, 0.2) is 5.78 Å². The summed E-state index contributed by atoms with van der Waals surface area (Å²) in [5.74, 6) is 0.214. The van der Waals surface area contributed by atoms with Crippen molar-refractivity contribution in [2.45, 2.75) is 26.7 Å². The number of fused-ring (bicyclic) bond motifs is 1. The standard InChI is InChI=1S/C13H15NO2/c1-8(2)13(16)10-3-5-11-9(7-10)4-6-12(15)14-11/h3,5,7-8H,4,6H2,1-2H3,(H,14,15). The van der Waals surface area contributed by atoms with Gasteiger partial charge in [-0.15, -0.1) is 0 Å². The van der Waals surface area contributed by atoms with E-state index in [-0.39, 0.29) is 17.6 Å². The number of carbonyl (C=O) groups excluding carboxylic acids is 2. The lowest BCUT2D eigenvalue weighted by Gasteiger charge is -2.17. The molecule has 1 aromatic rings. The predicted molar refractivity (Wildman–Crippen MR) is 62.6 cm³/mol. The van der Waals surface area contributed by atoms with Crippen LogP contribution >= 0.6 is 0 Å². The van der Waals surface area contributed by atoms with Gasteiger partial charge in [-0.25, -0.2) is 0 Å². The van der Waals surface area contributed by atoms with Crippen LogP contribution in [-0.4, -0.2) is 11.7 Å². The van der Waals surface area contributed by atoms with Gasteiger partial charge in [0.05, 0.1) is 0 Å². The van der Waals surface area contributed by atoms with Crippen LogP contribution in [0.4, 0.5) is 5.69 Å². The molecular formula is C13H15NO2. The first-order valence-electron chi connectivity index (χ1n) is 5.55. The molecule has 0 aromatic heterocycles. The number of aryl methyl sites for hydroxylation is 1. The molecule has 0 aliphatic carbocycles. The lowest BCUT2D eigenvalue weighted by molar-refractivity contribution is -0.116. The van der Waals surface area contributed by atoms with E-state index in [2.05, 4.69) is 5.32 Å². The lowest BCUT2D eigenvalue weighted by Crippen LogP contribution is -2.19. The summed E-state index contributed by atoms with van der Waals surface area (Å²) in [5.41, 5.74) is 2.65. The van der Waals surface area contributed by atoms with Crippen molar-refractivity contribution < 1.29 is 9.59 Å². The molecule has 1 amide bonds. The Kier molecular flexibility index (Phi) is 2.77. The molecule has 0 saturated carbocycles. The van der Waals surface area contributed by atoms with Crippen molar-refractivity contribution in [1.82, 2.24) is 0 Å². The summed E-state index contributed by atoms with van der Waals surface area (Å²) in [7, 11) is 0. The second kappa shape index (κ2) is 4.08. The second-order valence-electron chi connectivity index (χ2n) is 4.44. The molecule has 0 unspecified atom stereocenters. The highest BCUT2D eigenvalue weighted by Gasteiger charge is 2.17. The van der Waals surface area contributed by atoms with E-state index in [4.69, 9.17) is 0 Å². The summed E-state index contributed by atoms with van der Waals surface area (Å²) in [6.07, 6.45) is 1.23. The van der Waals surface area contributed by atoms with Gasteiger partial charge in [0.25, 0.3) is 0 Å². The monoisotopic (exact) mass is 217 g/mol. The number of benzene rings is 1. The van der Waals surface area contributed by atoms with Gasteiger partial charge in [-0.1, -0.05) is 13.8 Å². The molecule has 2 rings (SSSR count).